The number of benzene rings is 2. The zero-order valence-electron chi connectivity index (χ0n) is 17.0. The number of rotatable bonds is 6. The summed E-state index contributed by atoms with van der Waals surface area (Å²) in [5.41, 5.74) is 2.03. The van der Waals surface area contributed by atoms with Crippen molar-refractivity contribution < 1.29 is 9.53 Å². The van der Waals surface area contributed by atoms with Gasteiger partial charge in [-0.1, -0.05) is 48.5 Å². The molecule has 0 aliphatic carbocycles. The highest BCUT2D eigenvalue weighted by atomic mass is 16.5. The summed E-state index contributed by atoms with van der Waals surface area (Å²) in [7, 11) is 1.74. The van der Waals surface area contributed by atoms with Crippen LogP contribution in [-0.2, 0) is 13.7 Å². The number of amides is 1. The van der Waals surface area contributed by atoms with Crippen LogP contribution in [0.3, 0.4) is 0 Å². The van der Waals surface area contributed by atoms with Crippen molar-refractivity contribution in [2.24, 2.45) is 7.05 Å². The lowest BCUT2D eigenvalue weighted by Gasteiger charge is -2.20. The zero-order chi connectivity index (χ0) is 20.9. The fourth-order valence-corrected chi connectivity index (χ4v) is 3.74. The van der Waals surface area contributed by atoms with Crippen LogP contribution in [0.1, 0.15) is 22.5 Å². The maximum atomic E-state index is 13.1. The summed E-state index contributed by atoms with van der Waals surface area (Å²) < 4.78 is 7.45. The van der Waals surface area contributed by atoms with Gasteiger partial charge in [-0.25, -0.2) is 0 Å². The van der Waals surface area contributed by atoms with Crippen LogP contribution in [0.15, 0.2) is 77.7 Å². The number of nitrogens with zero attached hydrogens (tertiary/aromatic N) is 2. The molecule has 2 aromatic carbocycles. The molecule has 2 heterocycles. The highest BCUT2D eigenvalue weighted by molar-refractivity contribution is 5.95. The van der Waals surface area contributed by atoms with Gasteiger partial charge in [-0.2, -0.15) is 0 Å². The highest BCUT2D eigenvalue weighted by Gasteiger charge is 2.27. The highest BCUT2D eigenvalue weighted by Crippen LogP contribution is 2.21. The lowest BCUT2D eigenvalue weighted by atomic mass is 10.2. The van der Waals surface area contributed by atoms with Gasteiger partial charge in [0.1, 0.15) is 6.61 Å². The van der Waals surface area contributed by atoms with Crippen molar-refractivity contribution in [1.29, 1.82) is 0 Å². The standard InChI is InChI=1S/C24H25N3O3/c1-26-14-13-21(28)23(30-17-18-8-4-2-5-9-18)22(26)24(29)25-19-12-15-27(16-19)20-10-6-3-7-11-20/h2-11,13-14,19H,12,15-17H2,1H3,(H,25,29). The van der Waals surface area contributed by atoms with E-state index in [1.165, 1.54) is 6.07 Å². The van der Waals surface area contributed by atoms with Gasteiger partial charge in [-0.05, 0) is 24.1 Å². The van der Waals surface area contributed by atoms with Gasteiger partial charge >= 0.3 is 0 Å². The summed E-state index contributed by atoms with van der Waals surface area (Å²) in [6.07, 6.45) is 2.44. The fourth-order valence-electron chi connectivity index (χ4n) is 3.74. The number of ether oxygens (including phenoxy) is 1. The largest absolute Gasteiger partial charge is 0.483 e. The Balaban J connectivity index is 1.48. The summed E-state index contributed by atoms with van der Waals surface area (Å²) in [5, 5.41) is 3.08. The van der Waals surface area contributed by atoms with Crippen LogP contribution in [0, 0.1) is 0 Å². The topological polar surface area (TPSA) is 63.6 Å². The molecule has 1 aromatic heterocycles. The Labute approximate surface area is 175 Å². The quantitative estimate of drug-likeness (QED) is 0.687. The average molecular weight is 403 g/mol. The molecule has 6 heteroatoms. The molecular formula is C24H25N3O3. The maximum absolute atomic E-state index is 13.1. The lowest BCUT2D eigenvalue weighted by molar-refractivity contribution is 0.0925. The first-order chi connectivity index (χ1) is 14.6. The molecule has 0 bridgehead atoms. The van der Waals surface area contributed by atoms with Gasteiger partial charge < -0.3 is 19.5 Å². The molecule has 0 spiro atoms. The minimum absolute atomic E-state index is 0.00925. The van der Waals surface area contributed by atoms with E-state index in [1.807, 2.05) is 48.5 Å². The Morgan fingerprint density at radius 1 is 1.07 bits per heavy atom. The molecule has 0 radical (unpaired) electrons. The molecule has 1 aliphatic rings. The Morgan fingerprint density at radius 2 is 1.77 bits per heavy atom. The van der Waals surface area contributed by atoms with E-state index in [0.29, 0.717) is 0 Å². The van der Waals surface area contributed by atoms with E-state index in [1.54, 1.807) is 17.8 Å². The summed E-state index contributed by atoms with van der Waals surface area (Å²) in [4.78, 5) is 27.8. The molecule has 0 saturated carbocycles. The van der Waals surface area contributed by atoms with Crippen LogP contribution in [0.25, 0.3) is 0 Å². The van der Waals surface area contributed by atoms with E-state index in [2.05, 4.69) is 22.3 Å². The summed E-state index contributed by atoms with van der Waals surface area (Å²) in [6, 6.07) is 21.2. The second-order valence-electron chi connectivity index (χ2n) is 7.48. The number of aryl methyl sites for hydroxylation is 1. The van der Waals surface area contributed by atoms with Gasteiger partial charge in [-0.3, -0.25) is 9.59 Å². The van der Waals surface area contributed by atoms with Crippen LogP contribution < -0.4 is 20.4 Å². The number of para-hydroxylation sites is 1. The third-order valence-corrected chi connectivity index (χ3v) is 5.33. The lowest BCUT2D eigenvalue weighted by Crippen LogP contribution is -2.39. The minimum atomic E-state index is -0.300. The number of pyridine rings is 1. The van der Waals surface area contributed by atoms with Crippen molar-refractivity contribution in [2.75, 3.05) is 18.0 Å². The molecule has 30 heavy (non-hydrogen) atoms. The molecule has 1 amide bonds. The average Bonchev–Trinajstić information content (AvgIpc) is 3.24. The number of carbonyl (C=O) groups is 1. The monoisotopic (exact) mass is 403 g/mol. The van der Waals surface area contributed by atoms with E-state index in [9.17, 15) is 9.59 Å². The second kappa shape index (κ2) is 8.86. The van der Waals surface area contributed by atoms with Crippen LogP contribution in [-0.4, -0.2) is 29.6 Å². The van der Waals surface area contributed by atoms with Crippen molar-refractivity contribution >= 4 is 11.6 Å². The number of carbonyl (C=O) groups excluding carboxylic acids is 1. The number of hydrogen-bond donors (Lipinski definition) is 1. The predicted octanol–water partition coefficient (Wildman–Crippen LogP) is 2.97. The smallest absolute Gasteiger partial charge is 0.272 e. The van der Waals surface area contributed by atoms with Crippen LogP contribution in [0.5, 0.6) is 5.75 Å². The summed E-state index contributed by atoms with van der Waals surface area (Å²) >= 11 is 0. The predicted molar refractivity (Wildman–Crippen MR) is 117 cm³/mol. The molecular weight excluding hydrogens is 378 g/mol. The Morgan fingerprint density at radius 3 is 2.50 bits per heavy atom. The van der Waals surface area contributed by atoms with Gasteiger partial charge in [0.25, 0.3) is 5.91 Å². The molecule has 3 aromatic rings. The van der Waals surface area contributed by atoms with Crippen LogP contribution in [0.2, 0.25) is 0 Å². The minimum Gasteiger partial charge on any atom is -0.483 e. The molecule has 1 N–H and O–H groups in total. The zero-order valence-corrected chi connectivity index (χ0v) is 17.0. The number of anilines is 1. The molecule has 6 nitrogen and oxygen atoms in total. The van der Waals surface area contributed by atoms with Gasteiger partial charge in [0, 0.05) is 44.1 Å². The van der Waals surface area contributed by atoms with Crippen molar-refractivity contribution in [1.82, 2.24) is 9.88 Å². The third kappa shape index (κ3) is 4.38. The first-order valence-corrected chi connectivity index (χ1v) is 10.1. The first kappa shape index (κ1) is 19.8. The van der Waals surface area contributed by atoms with Gasteiger partial charge in [0.05, 0.1) is 0 Å². The van der Waals surface area contributed by atoms with Gasteiger partial charge in [0.15, 0.2) is 11.4 Å². The van der Waals surface area contributed by atoms with Crippen molar-refractivity contribution in [2.45, 2.75) is 19.1 Å². The second-order valence-corrected chi connectivity index (χ2v) is 7.48. The SMILES string of the molecule is Cn1ccc(=O)c(OCc2ccccc2)c1C(=O)NC1CCN(c2ccccc2)C1. The van der Waals surface area contributed by atoms with Crippen molar-refractivity contribution in [3.63, 3.8) is 0 Å². The van der Waals surface area contributed by atoms with Crippen molar-refractivity contribution in [3.8, 4) is 5.75 Å². The van der Waals surface area contributed by atoms with E-state index >= 15 is 0 Å². The van der Waals surface area contributed by atoms with E-state index in [-0.39, 0.29) is 35.4 Å². The molecule has 1 fully saturated rings. The molecule has 1 aliphatic heterocycles. The molecule has 1 unspecified atom stereocenters. The number of hydrogen-bond acceptors (Lipinski definition) is 4. The summed E-state index contributed by atoms with van der Waals surface area (Å²) in [5.74, 6) is -0.211. The van der Waals surface area contributed by atoms with Crippen molar-refractivity contribution in [3.05, 3.63) is 94.4 Å². The van der Waals surface area contributed by atoms with E-state index < -0.39 is 0 Å². The van der Waals surface area contributed by atoms with Gasteiger partial charge in [-0.15, -0.1) is 0 Å². The molecule has 154 valence electrons. The maximum Gasteiger partial charge on any atom is 0.272 e. The van der Waals surface area contributed by atoms with E-state index in [4.69, 9.17) is 4.74 Å². The Kier molecular flexibility index (Phi) is 5.84. The summed E-state index contributed by atoms with van der Waals surface area (Å²) in [6.45, 7) is 1.84. The molecule has 1 atom stereocenters. The number of nitrogens with one attached hydrogen (secondary N) is 1. The normalized spacial score (nSPS) is 15.8. The van der Waals surface area contributed by atoms with Crippen LogP contribution in [0.4, 0.5) is 5.69 Å². The number of aromatic nitrogens is 1. The molecule has 4 rings (SSSR count). The Bertz CT molecular complexity index is 1060. The first-order valence-electron chi connectivity index (χ1n) is 10.1. The van der Waals surface area contributed by atoms with Crippen LogP contribution >= 0.6 is 0 Å². The van der Waals surface area contributed by atoms with Gasteiger partial charge in [0.2, 0.25) is 5.43 Å². The third-order valence-electron chi connectivity index (χ3n) is 5.33. The molecule has 1 saturated heterocycles. The fraction of sp³-hybridized carbons (Fsp3) is 0.250. The van der Waals surface area contributed by atoms with E-state index in [0.717, 1.165) is 30.8 Å². The Hall–Kier alpha value is -3.54.